The van der Waals surface area contributed by atoms with Crippen molar-refractivity contribution in [3.8, 4) is 0 Å². The van der Waals surface area contributed by atoms with Gasteiger partial charge < -0.3 is 4.74 Å². The third kappa shape index (κ3) is 3.32. The molecule has 1 aromatic rings. The van der Waals surface area contributed by atoms with Gasteiger partial charge in [-0.25, -0.2) is 4.79 Å². The summed E-state index contributed by atoms with van der Waals surface area (Å²) in [5.74, 6) is -0.219. The monoisotopic (exact) mass is 315 g/mol. The molecule has 18 heavy (non-hydrogen) atoms. The Morgan fingerprint density at radius 2 is 2.44 bits per heavy atom. The van der Waals surface area contributed by atoms with Crippen LogP contribution in [-0.4, -0.2) is 33.9 Å². The highest BCUT2D eigenvalue weighted by Crippen LogP contribution is 2.24. The largest absolute Gasteiger partial charge is 0.465 e. The van der Waals surface area contributed by atoms with Crippen LogP contribution in [-0.2, 0) is 16.1 Å². The van der Waals surface area contributed by atoms with Crippen molar-refractivity contribution in [2.24, 2.45) is 0 Å². The van der Waals surface area contributed by atoms with Crippen LogP contribution in [0.25, 0.3) is 0 Å². The quantitative estimate of drug-likeness (QED) is 0.812. The molecular formula is C12H18BrN3O2. The molecule has 2 rings (SSSR count). The molecule has 1 unspecified atom stereocenters. The van der Waals surface area contributed by atoms with Gasteiger partial charge in [0.25, 0.3) is 0 Å². The van der Waals surface area contributed by atoms with Crippen LogP contribution in [0.4, 0.5) is 0 Å². The van der Waals surface area contributed by atoms with Crippen molar-refractivity contribution in [1.29, 1.82) is 0 Å². The van der Waals surface area contributed by atoms with Gasteiger partial charge in [0.05, 0.1) is 23.8 Å². The maximum absolute atomic E-state index is 12.1. The number of carbonyl (C=O) groups is 1. The number of ether oxygens (including phenoxy) is 1. The van der Waals surface area contributed by atoms with Crippen molar-refractivity contribution >= 4 is 21.9 Å². The molecule has 1 aromatic heterocycles. The number of aromatic nitrogens is 2. The number of hydrogen-bond donors (Lipinski definition) is 1. The average molecular weight is 316 g/mol. The first-order valence-electron chi connectivity index (χ1n) is 6.16. The molecule has 1 aliphatic rings. The highest BCUT2D eigenvalue weighted by atomic mass is 79.9. The Balaban J connectivity index is 2.09. The number of esters is 1. The summed E-state index contributed by atoms with van der Waals surface area (Å²) >= 11 is 3.35. The minimum Gasteiger partial charge on any atom is -0.465 e. The predicted octanol–water partition coefficient (Wildman–Crippen LogP) is 1.72. The molecule has 0 aliphatic heterocycles. The Hall–Kier alpha value is -0.880. The first kappa shape index (κ1) is 13.5. The standard InChI is InChI=1S/C12H18BrN3O2/c1-3-18-11(17)12(2,15-10-4-5-10)8-16-7-9(13)6-14-16/h6-7,10,15H,3-5,8H2,1-2H3. The van der Waals surface area contributed by atoms with Crippen molar-refractivity contribution in [2.45, 2.75) is 44.8 Å². The summed E-state index contributed by atoms with van der Waals surface area (Å²) in [7, 11) is 0. The minimum atomic E-state index is -0.720. The SMILES string of the molecule is CCOC(=O)C(C)(Cn1cc(Br)cn1)NC1CC1. The maximum Gasteiger partial charge on any atom is 0.327 e. The Morgan fingerprint density at radius 3 is 2.94 bits per heavy atom. The van der Waals surface area contributed by atoms with Crippen molar-refractivity contribution in [2.75, 3.05) is 6.61 Å². The summed E-state index contributed by atoms with van der Waals surface area (Å²) in [6.07, 6.45) is 5.81. The lowest BCUT2D eigenvalue weighted by Gasteiger charge is -2.28. The molecule has 5 nitrogen and oxygen atoms in total. The van der Waals surface area contributed by atoms with E-state index in [2.05, 4.69) is 26.3 Å². The second-order valence-corrected chi connectivity index (χ2v) is 5.74. The molecule has 0 saturated heterocycles. The Kier molecular flexibility index (Phi) is 4.07. The van der Waals surface area contributed by atoms with E-state index in [1.807, 2.05) is 20.0 Å². The highest BCUT2D eigenvalue weighted by molar-refractivity contribution is 9.10. The van der Waals surface area contributed by atoms with Crippen LogP contribution in [0.5, 0.6) is 0 Å². The van der Waals surface area contributed by atoms with Crippen LogP contribution in [0.3, 0.4) is 0 Å². The number of halogens is 1. The van der Waals surface area contributed by atoms with E-state index in [-0.39, 0.29) is 5.97 Å². The molecule has 0 bridgehead atoms. The van der Waals surface area contributed by atoms with Crippen LogP contribution >= 0.6 is 15.9 Å². The van der Waals surface area contributed by atoms with Crippen LogP contribution in [0, 0.1) is 0 Å². The van der Waals surface area contributed by atoms with Gasteiger partial charge in [0.2, 0.25) is 0 Å². The predicted molar refractivity (Wildman–Crippen MR) is 71.1 cm³/mol. The number of hydrogen-bond acceptors (Lipinski definition) is 4. The first-order chi connectivity index (χ1) is 8.53. The maximum atomic E-state index is 12.1. The smallest absolute Gasteiger partial charge is 0.327 e. The minimum absolute atomic E-state index is 0.219. The summed E-state index contributed by atoms with van der Waals surface area (Å²) in [4.78, 5) is 12.1. The molecule has 1 heterocycles. The summed E-state index contributed by atoms with van der Waals surface area (Å²) in [6.45, 7) is 4.55. The van der Waals surface area contributed by atoms with Crippen LogP contribution in [0.1, 0.15) is 26.7 Å². The fourth-order valence-electron chi connectivity index (χ4n) is 1.89. The molecule has 1 N–H and O–H groups in total. The molecule has 1 saturated carbocycles. The molecule has 0 spiro atoms. The Labute approximate surface area is 115 Å². The molecule has 6 heteroatoms. The second-order valence-electron chi connectivity index (χ2n) is 4.83. The van der Waals surface area contributed by atoms with E-state index in [0.29, 0.717) is 19.2 Å². The zero-order valence-corrected chi connectivity index (χ0v) is 12.2. The highest BCUT2D eigenvalue weighted by Gasteiger charge is 2.40. The van der Waals surface area contributed by atoms with Crippen molar-refractivity contribution in [3.05, 3.63) is 16.9 Å². The average Bonchev–Trinajstić information content (AvgIpc) is 3.01. The first-order valence-corrected chi connectivity index (χ1v) is 6.95. The van der Waals surface area contributed by atoms with Crippen molar-refractivity contribution < 1.29 is 9.53 Å². The number of carbonyl (C=O) groups excluding carboxylic acids is 1. The summed E-state index contributed by atoms with van der Waals surface area (Å²) in [5.41, 5.74) is -0.720. The van der Waals surface area contributed by atoms with E-state index < -0.39 is 5.54 Å². The molecule has 1 aliphatic carbocycles. The molecular weight excluding hydrogens is 298 g/mol. The van der Waals surface area contributed by atoms with Gasteiger partial charge in [0.15, 0.2) is 0 Å². The molecule has 0 radical (unpaired) electrons. The number of rotatable bonds is 6. The third-order valence-corrected chi connectivity index (χ3v) is 3.32. The van der Waals surface area contributed by atoms with E-state index in [4.69, 9.17) is 4.74 Å². The van der Waals surface area contributed by atoms with Gasteiger partial charge in [-0.1, -0.05) is 0 Å². The van der Waals surface area contributed by atoms with Crippen LogP contribution in [0.15, 0.2) is 16.9 Å². The molecule has 0 aromatic carbocycles. The summed E-state index contributed by atoms with van der Waals surface area (Å²) < 4.78 is 7.81. The normalized spacial score (nSPS) is 18.4. The van der Waals surface area contributed by atoms with Gasteiger partial charge in [-0.05, 0) is 42.6 Å². The lowest BCUT2D eigenvalue weighted by Crippen LogP contribution is -2.54. The summed E-state index contributed by atoms with van der Waals surface area (Å²) in [6, 6.07) is 0.429. The Bertz CT molecular complexity index is 431. The van der Waals surface area contributed by atoms with E-state index >= 15 is 0 Å². The molecule has 1 fully saturated rings. The van der Waals surface area contributed by atoms with E-state index in [1.54, 1.807) is 10.9 Å². The van der Waals surface area contributed by atoms with Gasteiger partial charge in [-0.15, -0.1) is 0 Å². The van der Waals surface area contributed by atoms with E-state index in [1.165, 1.54) is 0 Å². The summed E-state index contributed by atoms with van der Waals surface area (Å²) in [5, 5.41) is 7.55. The second kappa shape index (κ2) is 5.40. The van der Waals surface area contributed by atoms with Crippen molar-refractivity contribution in [1.82, 2.24) is 15.1 Å². The Morgan fingerprint density at radius 1 is 1.72 bits per heavy atom. The fourth-order valence-corrected chi connectivity index (χ4v) is 2.21. The van der Waals surface area contributed by atoms with E-state index in [0.717, 1.165) is 17.3 Å². The van der Waals surface area contributed by atoms with Crippen LogP contribution in [0.2, 0.25) is 0 Å². The zero-order chi connectivity index (χ0) is 13.2. The third-order valence-electron chi connectivity index (χ3n) is 2.91. The van der Waals surface area contributed by atoms with Gasteiger partial charge >= 0.3 is 5.97 Å². The van der Waals surface area contributed by atoms with Gasteiger partial charge in [0.1, 0.15) is 5.54 Å². The lowest BCUT2D eigenvalue weighted by atomic mass is 10.0. The van der Waals surface area contributed by atoms with Gasteiger partial charge in [-0.2, -0.15) is 5.10 Å². The molecule has 1 atom stereocenters. The van der Waals surface area contributed by atoms with Gasteiger partial charge in [0, 0.05) is 12.2 Å². The fraction of sp³-hybridized carbons (Fsp3) is 0.667. The number of nitrogens with one attached hydrogen (secondary N) is 1. The molecule has 100 valence electrons. The van der Waals surface area contributed by atoms with Crippen molar-refractivity contribution in [3.63, 3.8) is 0 Å². The lowest BCUT2D eigenvalue weighted by molar-refractivity contribution is -0.151. The van der Waals surface area contributed by atoms with Crippen LogP contribution < -0.4 is 5.32 Å². The zero-order valence-electron chi connectivity index (χ0n) is 10.6. The van der Waals surface area contributed by atoms with Gasteiger partial charge in [-0.3, -0.25) is 10.00 Å². The topological polar surface area (TPSA) is 56.2 Å². The molecule has 0 amide bonds. The number of nitrogens with zero attached hydrogens (tertiary/aromatic N) is 2. The van der Waals surface area contributed by atoms with E-state index in [9.17, 15) is 4.79 Å².